The quantitative estimate of drug-likeness (QED) is 0.597. The molecule has 130 valence electrons. The fraction of sp³-hybridized carbons (Fsp3) is 0.300. The van der Waals surface area contributed by atoms with Crippen LogP contribution in [0.3, 0.4) is 0 Å². The van der Waals surface area contributed by atoms with Gasteiger partial charge in [-0.25, -0.2) is 0 Å². The lowest BCUT2D eigenvalue weighted by molar-refractivity contribution is -0.125. The summed E-state index contributed by atoms with van der Waals surface area (Å²) in [4.78, 5) is 25.8. The zero-order valence-corrected chi connectivity index (χ0v) is 14.4. The van der Waals surface area contributed by atoms with Crippen molar-refractivity contribution in [2.75, 3.05) is 18.1 Å². The maximum atomic E-state index is 12.5. The normalized spacial score (nSPS) is 16.2. The van der Waals surface area contributed by atoms with E-state index >= 15 is 0 Å². The average molecular weight is 339 g/mol. The molecule has 2 aromatic rings. The van der Waals surface area contributed by atoms with Crippen LogP contribution in [-0.2, 0) is 4.79 Å². The van der Waals surface area contributed by atoms with E-state index in [0.29, 0.717) is 36.6 Å². The minimum absolute atomic E-state index is 0.0405. The summed E-state index contributed by atoms with van der Waals surface area (Å²) < 4.78 is 11.3. The molecule has 25 heavy (non-hydrogen) atoms. The SMILES string of the molecule is CC(=O)c1ccc2c(c1)N(CCCOc1ccccc1)C(=O)C(C)O2. The van der Waals surface area contributed by atoms with E-state index in [1.165, 1.54) is 6.92 Å². The zero-order valence-electron chi connectivity index (χ0n) is 14.4. The average Bonchev–Trinajstić information content (AvgIpc) is 2.62. The fourth-order valence-electron chi connectivity index (χ4n) is 2.79. The number of carbonyl (C=O) groups is 2. The Balaban J connectivity index is 1.70. The molecule has 0 bridgehead atoms. The Bertz CT molecular complexity index is 773. The van der Waals surface area contributed by atoms with Crippen molar-refractivity contribution in [3.05, 3.63) is 54.1 Å². The molecule has 0 spiro atoms. The Morgan fingerprint density at radius 3 is 2.68 bits per heavy atom. The van der Waals surface area contributed by atoms with Crippen molar-refractivity contribution < 1.29 is 19.1 Å². The van der Waals surface area contributed by atoms with Gasteiger partial charge >= 0.3 is 0 Å². The summed E-state index contributed by atoms with van der Waals surface area (Å²) in [6.07, 6.45) is 0.141. The Kier molecular flexibility index (Phi) is 5.03. The molecule has 1 aliphatic heterocycles. The predicted molar refractivity (Wildman–Crippen MR) is 95.4 cm³/mol. The molecule has 0 fully saturated rings. The molecule has 1 unspecified atom stereocenters. The van der Waals surface area contributed by atoms with Gasteiger partial charge in [0.1, 0.15) is 11.5 Å². The van der Waals surface area contributed by atoms with E-state index in [9.17, 15) is 9.59 Å². The minimum atomic E-state index is -0.536. The summed E-state index contributed by atoms with van der Waals surface area (Å²) in [6, 6.07) is 14.8. The molecule has 0 saturated heterocycles. The number of carbonyl (C=O) groups excluding carboxylic acids is 2. The van der Waals surface area contributed by atoms with Crippen LogP contribution in [-0.4, -0.2) is 30.9 Å². The van der Waals surface area contributed by atoms with E-state index in [1.54, 1.807) is 30.0 Å². The van der Waals surface area contributed by atoms with Crippen LogP contribution in [0.5, 0.6) is 11.5 Å². The molecule has 1 amide bonds. The Labute approximate surface area is 147 Å². The van der Waals surface area contributed by atoms with Crippen LogP contribution in [0.25, 0.3) is 0 Å². The number of hydrogen-bond donors (Lipinski definition) is 0. The minimum Gasteiger partial charge on any atom is -0.494 e. The van der Waals surface area contributed by atoms with Crippen LogP contribution in [0.1, 0.15) is 30.6 Å². The van der Waals surface area contributed by atoms with Crippen molar-refractivity contribution >= 4 is 17.4 Å². The molecule has 3 rings (SSSR count). The van der Waals surface area contributed by atoms with Crippen molar-refractivity contribution in [3.63, 3.8) is 0 Å². The molecule has 0 saturated carbocycles. The van der Waals surface area contributed by atoms with E-state index < -0.39 is 6.10 Å². The topological polar surface area (TPSA) is 55.8 Å². The monoisotopic (exact) mass is 339 g/mol. The fourth-order valence-corrected chi connectivity index (χ4v) is 2.79. The number of rotatable bonds is 6. The summed E-state index contributed by atoms with van der Waals surface area (Å²) >= 11 is 0. The van der Waals surface area contributed by atoms with Gasteiger partial charge in [-0.05, 0) is 50.6 Å². The van der Waals surface area contributed by atoms with Gasteiger partial charge in [0.2, 0.25) is 0 Å². The number of fused-ring (bicyclic) bond motifs is 1. The van der Waals surface area contributed by atoms with Crippen molar-refractivity contribution in [3.8, 4) is 11.5 Å². The largest absolute Gasteiger partial charge is 0.494 e. The molecule has 0 aromatic heterocycles. The summed E-state index contributed by atoms with van der Waals surface area (Å²) in [5, 5.41) is 0. The van der Waals surface area contributed by atoms with E-state index in [1.807, 2.05) is 30.3 Å². The number of para-hydroxylation sites is 1. The molecule has 5 nitrogen and oxygen atoms in total. The molecule has 1 atom stereocenters. The molecule has 0 radical (unpaired) electrons. The molecular formula is C20H21NO4. The highest BCUT2D eigenvalue weighted by Gasteiger charge is 2.31. The highest BCUT2D eigenvalue weighted by Crippen LogP contribution is 2.35. The third-order valence-corrected chi connectivity index (χ3v) is 4.11. The Hall–Kier alpha value is -2.82. The van der Waals surface area contributed by atoms with Gasteiger partial charge in [-0.2, -0.15) is 0 Å². The first-order valence-corrected chi connectivity index (χ1v) is 8.37. The first-order valence-electron chi connectivity index (χ1n) is 8.37. The van der Waals surface area contributed by atoms with Crippen molar-refractivity contribution in [2.45, 2.75) is 26.4 Å². The van der Waals surface area contributed by atoms with Gasteiger partial charge in [0, 0.05) is 12.1 Å². The molecule has 5 heteroatoms. The lowest BCUT2D eigenvalue weighted by atomic mass is 10.1. The molecule has 0 N–H and O–H groups in total. The Morgan fingerprint density at radius 1 is 1.20 bits per heavy atom. The zero-order chi connectivity index (χ0) is 17.8. The summed E-state index contributed by atoms with van der Waals surface area (Å²) in [5.41, 5.74) is 1.21. The van der Waals surface area contributed by atoms with Crippen LogP contribution in [0.15, 0.2) is 48.5 Å². The van der Waals surface area contributed by atoms with Crippen LogP contribution < -0.4 is 14.4 Å². The van der Waals surface area contributed by atoms with Crippen LogP contribution in [0.2, 0.25) is 0 Å². The number of Topliss-reactive ketones (excluding diaryl/α,β-unsaturated/α-hetero) is 1. The smallest absolute Gasteiger partial charge is 0.267 e. The highest BCUT2D eigenvalue weighted by molar-refractivity contribution is 6.02. The first kappa shape index (κ1) is 17.0. The second-order valence-electron chi connectivity index (χ2n) is 6.00. The lowest BCUT2D eigenvalue weighted by Crippen LogP contribution is -2.45. The van der Waals surface area contributed by atoms with Gasteiger partial charge in [-0.15, -0.1) is 0 Å². The summed E-state index contributed by atoms with van der Waals surface area (Å²) in [6.45, 7) is 4.25. The van der Waals surface area contributed by atoms with Crippen molar-refractivity contribution in [1.29, 1.82) is 0 Å². The van der Waals surface area contributed by atoms with E-state index in [4.69, 9.17) is 9.47 Å². The second-order valence-corrected chi connectivity index (χ2v) is 6.00. The molecule has 0 aliphatic carbocycles. The number of nitrogens with zero attached hydrogens (tertiary/aromatic N) is 1. The Morgan fingerprint density at radius 2 is 1.96 bits per heavy atom. The van der Waals surface area contributed by atoms with Gasteiger partial charge in [-0.1, -0.05) is 18.2 Å². The number of ether oxygens (including phenoxy) is 2. The van der Waals surface area contributed by atoms with Gasteiger partial charge in [0.05, 0.1) is 12.3 Å². The van der Waals surface area contributed by atoms with E-state index in [0.717, 1.165) is 5.75 Å². The van der Waals surface area contributed by atoms with E-state index in [-0.39, 0.29) is 11.7 Å². The highest BCUT2D eigenvalue weighted by atomic mass is 16.5. The lowest BCUT2D eigenvalue weighted by Gasteiger charge is -2.33. The van der Waals surface area contributed by atoms with Crippen LogP contribution in [0.4, 0.5) is 5.69 Å². The van der Waals surface area contributed by atoms with Gasteiger partial charge in [0.25, 0.3) is 5.91 Å². The molecule has 1 aliphatic rings. The second kappa shape index (κ2) is 7.38. The summed E-state index contributed by atoms with van der Waals surface area (Å²) in [5.74, 6) is 1.29. The van der Waals surface area contributed by atoms with Gasteiger partial charge < -0.3 is 14.4 Å². The van der Waals surface area contributed by atoms with Gasteiger partial charge in [0.15, 0.2) is 11.9 Å². The number of hydrogen-bond acceptors (Lipinski definition) is 4. The third kappa shape index (κ3) is 3.82. The maximum absolute atomic E-state index is 12.5. The number of anilines is 1. The standard InChI is InChI=1S/C20H21NO4/c1-14(22)16-9-10-19-18(13-16)21(20(23)15(2)25-19)11-6-12-24-17-7-4-3-5-8-17/h3-5,7-10,13,15H,6,11-12H2,1-2H3. The van der Waals surface area contributed by atoms with Crippen LogP contribution in [0, 0.1) is 0 Å². The van der Waals surface area contributed by atoms with Gasteiger partial charge in [-0.3, -0.25) is 9.59 Å². The summed E-state index contributed by atoms with van der Waals surface area (Å²) in [7, 11) is 0. The van der Waals surface area contributed by atoms with E-state index in [2.05, 4.69) is 0 Å². The van der Waals surface area contributed by atoms with Crippen molar-refractivity contribution in [1.82, 2.24) is 0 Å². The molecule has 1 heterocycles. The molecular weight excluding hydrogens is 318 g/mol. The number of ketones is 1. The van der Waals surface area contributed by atoms with Crippen molar-refractivity contribution in [2.24, 2.45) is 0 Å². The maximum Gasteiger partial charge on any atom is 0.267 e. The third-order valence-electron chi connectivity index (χ3n) is 4.11. The van der Waals surface area contributed by atoms with Crippen LogP contribution >= 0.6 is 0 Å². The predicted octanol–water partition coefficient (Wildman–Crippen LogP) is 3.47. The number of amides is 1. The first-order chi connectivity index (χ1) is 12.1. The number of benzene rings is 2. The molecule has 2 aromatic carbocycles.